The summed E-state index contributed by atoms with van der Waals surface area (Å²) in [5.74, 6) is 0.568. The highest BCUT2D eigenvalue weighted by molar-refractivity contribution is 5.16. The van der Waals surface area contributed by atoms with Crippen LogP contribution in [0, 0.1) is 11.7 Å². The quantitative estimate of drug-likeness (QED) is 0.761. The zero-order valence-electron chi connectivity index (χ0n) is 11.2. The van der Waals surface area contributed by atoms with Crippen LogP contribution >= 0.6 is 0 Å². The maximum Gasteiger partial charge on any atom is 0.123 e. The van der Waals surface area contributed by atoms with E-state index in [0.29, 0.717) is 12.0 Å². The lowest BCUT2D eigenvalue weighted by Crippen LogP contribution is -2.30. The summed E-state index contributed by atoms with van der Waals surface area (Å²) in [5.41, 5.74) is 1.09. The summed E-state index contributed by atoms with van der Waals surface area (Å²) in [4.78, 5) is 0. The van der Waals surface area contributed by atoms with Gasteiger partial charge in [0.1, 0.15) is 5.82 Å². The molecule has 1 N–H and O–H groups in total. The van der Waals surface area contributed by atoms with Crippen molar-refractivity contribution in [3.8, 4) is 0 Å². The molecule has 1 unspecified atom stereocenters. The second-order valence-electron chi connectivity index (χ2n) is 5.05. The predicted molar refractivity (Wildman–Crippen MR) is 71.6 cm³/mol. The summed E-state index contributed by atoms with van der Waals surface area (Å²) in [6, 6.07) is 7.47. The zero-order valence-corrected chi connectivity index (χ0v) is 11.2. The van der Waals surface area contributed by atoms with Gasteiger partial charge in [-0.3, -0.25) is 0 Å². The van der Waals surface area contributed by atoms with Gasteiger partial charge in [0, 0.05) is 6.04 Å². The SMILES string of the molecule is CCNC(CCc1cccc(F)c1)CC(C)C. The van der Waals surface area contributed by atoms with Crippen molar-refractivity contribution < 1.29 is 4.39 Å². The Bertz CT molecular complexity index is 322. The van der Waals surface area contributed by atoms with Gasteiger partial charge in [0.15, 0.2) is 0 Å². The second kappa shape index (κ2) is 7.44. The molecular weight excluding hydrogens is 213 g/mol. The van der Waals surface area contributed by atoms with Gasteiger partial charge in [0.05, 0.1) is 0 Å². The molecule has 0 fully saturated rings. The third kappa shape index (κ3) is 5.83. The van der Waals surface area contributed by atoms with E-state index in [-0.39, 0.29) is 5.82 Å². The van der Waals surface area contributed by atoms with Crippen LogP contribution in [0.5, 0.6) is 0 Å². The van der Waals surface area contributed by atoms with Crippen molar-refractivity contribution in [2.24, 2.45) is 5.92 Å². The molecule has 0 spiro atoms. The molecule has 1 rings (SSSR count). The first-order valence-corrected chi connectivity index (χ1v) is 6.59. The fourth-order valence-electron chi connectivity index (χ4n) is 2.19. The van der Waals surface area contributed by atoms with Crippen LogP contribution in [0.15, 0.2) is 24.3 Å². The van der Waals surface area contributed by atoms with Gasteiger partial charge in [-0.25, -0.2) is 4.39 Å². The largest absolute Gasteiger partial charge is 0.314 e. The van der Waals surface area contributed by atoms with E-state index < -0.39 is 0 Å². The van der Waals surface area contributed by atoms with Crippen molar-refractivity contribution in [1.29, 1.82) is 0 Å². The lowest BCUT2D eigenvalue weighted by atomic mass is 9.97. The minimum absolute atomic E-state index is 0.133. The highest BCUT2D eigenvalue weighted by Gasteiger charge is 2.09. The lowest BCUT2D eigenvalue weighted by Gasteiger charge is -2.19. The minimum atomic E-state index is -0.133. The molecule has 0 amide bonds. The lowest BCUT2D eigenvalue weighted by molar-refractivity contribution is 0.405. The number of aryl methyl sites for hydroxylation is 1. The van der Waals surface area contributed by atoms with Crippen LogP contribution in [0.25, 0.3) is 0 Å². The average molecular weight is 237 g/mol. The summed E-state index contributed by atoms with van der Waals surface area (Å²) in [7, 11) is 0. The van der Waals surface area contributed by atoms with Gasteiger partial charge in [-0.15, -0.1) is 0 Å². The van der Waals surface area contributed by atoms with Gasteiger partial charge < -0.3 is 5.32 Å². The van der Waals surface area contributed by atoms with E-state index in [1.54, 1.807) is 12.1 Å². The summed E-state index contributed by atoms with van der Waals surface area (Å²) < 4.78 is 13.0. The molecule has 0 aliphatic carbocycles. The van der Waals surface area contributed by atoms with Crippen LogP contribution in [-0.4, -0.2) is 12.6 Å². The Labute approximate surface area is 104 Å². The number of hydrogen-bond acceptors (Lipinski definition) is 1. The Morgan fingerprint density at radius 3 is 2.65 bits per heavy atom. The molecule has 2 heteroatoms. The standard InChI is InChI=1S/C15H24FN/c1-4-17-15(10-12(2)3)9-8-13-6-5-7-14(16)11-13/h5-7,11-12,15,17H,4,8-10H2,1-3H3. The molecule has 1 atom stereocenters. The minimum Gasteiger partial charge on any atom is -0.314 e. The highest BCUT2D eigenvalue weighted by Crippen LogP contribution is 2.12. The zero-order chi connectivity index (χ0) is 12.7. The van der Waals surface area contributed by atoms with E-state index in [0.717, 1.165) is 24.9 Å². The Hall–Kier alpha value is -0.890. The van der Waals surface area contributed by atoms with Gasteiger partial charge in [-0.2, -0.15) is 0 Å². The monoisotopic (exact) mass is 237 g/mol. The maximum atomic E-state index is 13.0. The van der Waals surface area contributed by atoms with Crippen LogP contribution in [0.2, 0.25) is 0 Å². The second-order valence-corrected chi connectivity index (χ2v) is 5.05. The molecule has 0 saturated heterocycles. The predicted octanol–water partition coefficient (Wildman–Crippen LogP) is 3.78. The summed E-state index contributed by atoms with van der Waals surface area (Å²) in [5, 5.41) is 3.51. The molecule has 0 saturated carbocycles. The summed E-state index contributed by atoms with van der Waals surface area (Å²) in [6.45, 7) is 7.62. The number of nitrogens with one attached hydrogen (secondary N) is 1. The maximum absolute atomic E-state index is 13.0. The van der Waals surface area contributed by atoms with Crippen molar-refractivity contribution in [1.82, 2.24) is 5.32 Å². The third-order valence-electron chi connectivity index (χ3n) is 2.92. The molecule has 0 heterocycles. The van der Waals surface area contributed by atoms with E-state index >= 15 is 0 Å². The molecule has 0 aliphatic rings. The van der Waals surface area contributed by atoms with E-state index in [1.807, 2.05) is 6.07 Å². The Morgan fingerprint density at radius 2 is 2.06 bits per heavy atom. The van der Waals surface area contributed by atoms with E-state index in [1.165, 1.54) is 12.5 Å². The summed E-state index contributed by atoms with van der Waals surface area (Å²) >= 11 is 0. The Balaban J connectivity index is 2.45. The fraction of sp³-hybridized carbons (Fsp3) is 0.600. The fourth-order valence-corrected chi connectivity index (χ4v) is 2.19. The first-order chi connectivity index (χ1) is 8.11. The van der Waals surface area contributed by atoms with Gasteiger partial charge in [0.25, 0.3) is 0 Å². The van der Waals surface area contributed by atoms with Crippen molar-refractivity contribution in [3.05, 3.63) is 35.6 Å². The molecule has 96 valence electrons. The number of benzene rings is 1. The molecule has 1 aromatic rings. The van der Waals surface area contributed by atoms with Crippen LogP contribution < -0.4 is 5.32 Å². The van der Waals surface area contributed by atoms with Crippen LogP contribution in [0.1, 0.15) is 39.2 Å². The molecule has 0 bridgehead atoms. The van der Waals surface area contributed by atoms with Gasteiger partial charge in [-0.05, 0) is 49.4 Å². The normalized spacial score (nSPS) is 13.0. The molecule has 1 nitrogen and oxygen atoms in total. The van der Waals surface area contributed by atoms with Crippen molar-refractivity contribution in [3.63, 3.8) is 0 Å². The van der Waals surface area contributed by atoms with Crippen molar-refractivity contribution in [2.45, 2.75) is 46.1 Å². The smallest absolute Gasteiger partial charge is 0.123 e. The average Bonchev–Trinajstić information content (AvgIpc) is 2.26. The topological polar surface area (TPSA) is 12.0 Å². The van der Waals surface area contributed by atoms with Gasteiger partial charge >= 0.3 is 0 Å². The molecule has 17 heavy (non-hydrogen) atoms. The van der Waals surface area contributed by atoms with Crippen LogP contribution in [0.4, 0.5) is 4.39 Å². The first-order valence-electron chi connectivity index (χ1n) is 6.59. The summed E-state index contributed by atoms with van der Waals surface area (Å²) in [6.07, 6.45) is 3.21. The molecule has 1 aromatic carbocycles. The van der Waals surface area contributed by atoms with Crippen molar-refractivity contribution >= 4 is 0 Å². The molecule has 0 aliphatic heterocycles. The first kappa shape index (κ1) is 14.2. The van der Waals surface area contributed by atoms with E-state index in [9.17, 15) is 4.39 Å². The molecule has 0 radical (unpaired) electrons. The van der Waals surface area contributed by atoms with Gasteiger partial charge in [0.2, 0.25) is 0 Å². The van der Waals surface area contributed by atoms with Crippen LogP contribution in [0.3, 0.4) is 0 Å². The Kier molecular flexibility index (Phi) is 6.20. The van der Waals surface area contributed by atoms with Gasteiger partial charge in [-0.1, -0.05) is 32.9 Å². The molecule has 0 aromatic heterocycles. The Morgan fingerprint density at radius 1 is 1.29 bits per heavy atom. The number of halogens is 1. The van der Waals surface area contributed by atoms with Crippen molar-refractivity contribution in [2.75, 3.05) is 6.54 Å². The number of hydrogen-bond donors (Lipinski definition) is 1. The van der Waals surface area contributed by atoms with Crippen LogP contribution in [-0.2, 0) is 6.42 Å². The highest BCUT2D eigenvalue weighted by atomic mass is 19.1. The third-order valence-corrected chi connectivity index (χ3v) is 2.92. The number of rotatable bonds is 7. The van der Waals surface area contributed by atoms with E-state index in [2.05, 4.69) is 26.1 Å². The molecular formula is C15H24FN. The van der Waals surface area contributed by atoms with E-state index in [4.69, 9.17) is 0 Å².